The lowest BCUT2D eigenvalue weighted by Crippen LogP contribution is -2.45. The van der Waals surface area contributed by atoms with E-state index in [1.165, 1.54) is 17.1 Å². The van der Waals surface area contributed by atoms with Crippen molar-refractivity contribution in [3.63, 3.8) is 0 Å². The minimum absolute atomic E-state index is 0.0170. The van der Waals surface area contributed by atoms with Crippen LogP contribution in [0.3, 0.4) is 0 Å². The SMILES string of the molecule is Cn1cc(S(=O)(=O)NCC(NC(=O)C(C)(C)c2ccc(Br)cn2)c2ccccc2)cn1. The molecule has 10 heteroatoms. The average molecular weight is 506 g/mol. The summed E-state index contributed by atoms with van der Waals surface area (Å²) in [4.78, 5) is 17.6. The highest BCUT2D eigenvalue weighted by molar-refractivity contribution is 9.10. The number of nitrogens with zero attached hydrogens (tertiary/aromatic N) is 3. The number of amides is 1. The molecule has 0 spiro atoms. The highest BCUT2D eigenvalue weighted by Crippen LogP contribution is 2.24. The molecule has 1 unspecified atom stereocenters. The first kappa shape index (κ1) is 23.1. The Bertz CT molecular complexity index is 1150. The van der Waals surface area contributed by atoms with Crippen LogP contribution in [-0.4, -0.2) is 35.6 Å². The molecule has 0 aliphatic rings. The van der Waals surface area contributed by atoms with E-state index in [-0.39, 0.29) is 17.3 Å². The number of sulfonamides is 1. The van der Waals surface area contributed by atoms with Gasteiger partial charge in [-0.2, -0.15) is 5.10 Å². The van der Waals surface area contributed by atoms with Crippen molar-refractivity contribution in [2.45, 2.75) is 30.2 Å². The number of halogens is 1. The second-order valence-electron chi connectivity index (χ2n) is 7.62. The van der Waals surface area contributed by atoms with Crippen LogP contribution >= 0.6 is 15.9 Å². The number of aryl methyl sites for hydroxylation is 1. The van der Waals surface area contributed by atoms with Crippen LogP contribution in [0.5, 0.6) is 0 Å². The van der Waals surface area contributed by atoms with Gasteiger partial charge in [-0.25, -0.2) is 13.1 Å². The van der Waals surface area contributed by atoms with Gasteiger partial charge in [0, 0.05) is 30.5 Å². The molecule has 8 nitrogen and oxygen atoms in total. The van der Waals surface area contributed by atoms with Crippen LogP contribution in [0.1, 0.15) is 31.1 Å². The van der Waals surface area contributed by atoms with Crippen molar-refractivity contribution in [2.24, 2.45) is 7.05 Å². The maximum absolute atomic E-state index is 13.2. The van der Waals surface area contributed by atoms with Crippen molar-refractivity contribution in [3.05, 3.63) is 76.8 Å². The summed E-state index contributed by atoms with van der Waals surface area (Å²) in [6.45, 7) is 3.54. The number of carbonyl (C=O) groups excluding carboxylic acids is 1. The monoisotopic (exact) mass is 505 g/mol. The van der Waals surface area contributed by atoms with E-state index in [0.717, 1.165) is 10.0 Å². The summed E-state index contributed by atoms with van der Waals surface area (Å²) < 4.78 is 30.1. The average Bonchev–Trinajstić information content (AvgIpc) is 3.19. The van der Waals surface area contributed by atoms with Gasteiger partial charge < -0.3 is 5.32 Å². The molecule has 0 saturated carbocycles. The van der Waals surface area contributed by atoms with Crippen molar-refractivity contribution in [2.75, 3.05) is 6.54 Å². The maximum atomic E-state index is 13.2. The lowest BCUT2D eigenvalue weighted by atomic mass is 9.87. The quantitative estimate of drug-likeness (QED) is 0.489. The van der Waals surface area contributed by atoms with E-state index < -0.39 is 21.5 Å². The van der Waals surface area contributed by atoms with Gasteiger partial charge in [0.05, 0.1) is 23.3 Å². The molecule has 2 aromatic heterocycles. The molecule has 1 atom stereocenters. The molecule has 0 bridgehead atoms. The summed E-state index contributed by atoms with van der Waals surface area (Å²) in [5.41, 5.74) is 0.468. The van der Waals surface area contributed by atoms with Gasteiger partial charge in [0.25, 0.3) is 0 Å². The third-order valence-corrected chi connectivity index (χ3v) is 6.76. The molecule has 2 heterocycles. The molecule has 0 aliphatic heterocycles. The zero-order valence-corrected chi connectivity index (χ0v) is 19.8. The zero-order valence-electron chi connectivity index (χ0n) is 17.4. The Balaban J connectivity index is 1.81. The summed E-state index contributed by atoms with van der Waals surface area (Å²) >= 11 is 3.35. The van der Waals surface area contributed by atoms with Crippen molar-refractivity contribution in [1.82, 2.24) is 24.8 Å². The number of hydrogen-bond acceptors (Lipinski definition) is 5. The van der Waals surface area contributed by atoms with Crippen LogP contribution in [0.4, 0.5) is 0 Å². The molecule has 31 heavy (non-hydrogen) atoms. The van der Waals surface area contributed by atoms with E-state index >= 15 is 0 Å². The Morgan fingerprint density at radius 3 is 2.45 bits per heavy atom. The predicted octanol–water partition coefficient (Wildman–Crippen LogP) is 2.69. The Kier molecular flexibility index (Phi) is 6.93. The van der Waals surface area contributed by atoms with E-state index in [1.54, 1.807) is 33.2 Å². The molecule has 3 aromatic rings. The molecule has 0 aliphatic carbocycles. The third kappa shape index (κ3) is 5.57. The first-order valence-electron chi connectivity index (χ1n) is 9.56. The van der Waals surface area contributed by atoms with Crippen LogP contribution in [-0.2, 0) is 27.3 Å². The fourth-order valence-electron chi connectivity index (χ4n) is 2.95. The second-order valence-corrected chi connectivity index (χ2v) is 10.3. The van der Waals surface area contributed by atoms with Crippen LogP contribution < -0.4 is 10.0 Å². The van der Waals surface area contributed by atoms with Crippen LogP contribution in [0.15, 0.2) is 70.4 Å². The topological polar surface area (TPSA) is 106 Å². The van der Waals surface area contributed by atoms with Crippen LogP contribution in [0.2, 0.25) is 0 Å². The Labute approximate surface area is 190 Å². The fraction of sp³-hybridized carbons (Fsp3) is 0.286. The van der Waals surface area contributed by atoms with Crippen molar-refractivity contribution < 1.29 is 13.2 Å². The van der Waals surface area contributed by atoms with Gasteiger partial charge in [-0.1, -0.05) is 30.3 Å². The summed E-state index contributed by atoms with van der Waals surface area (Å²) in [7, 11) is -2.13. The molecule has 0 radical (unpaired) electrons. The van der Waals surface area contributed by atoms with E-state index in [2.05, 4.69) is 36.1 Å². The van der Waals surface area contributed by atoms with Gasteiger partial charge in [0.1, 0.15) is 4.90 Å². The molecule has 0 fully saturated rings. The van der Waals surface area contributed by atoms with Gasteiger partial charge in [-0.15, -0.1) is 0 Å². The number of rotatable bonds is 8. The van der Waals surface area contributed by atoms with E-state index in [1.807, 2.05) is 36.4 Å². The maximum Gasteiger partial charge on any atom is 0.243 e. The summed E-state index contributed by atoms with van der Waals surface area (Å²) in [5.74, 6) is -0.267. The van der Waals surface area contributed by atoms with Crippen molar-refractivity contribution >= 4 is 31.9 Å². The lowest BCUT2D eigenvalue weighted by molar-refractivity contribution is -0.126. The number of hydrogen-bond donors (Lipinski definition) is 2. The van der Waals surface area contributed by atoms with Gasteiger partial charge >= 0.3 is 0 Å². The van der Waals surface area contributed by atoms with E-state index in [4.69, 9.17) is 0 Å². The smallest absolute Gasteiger partial charge is 0.243 e. The molecular weight excluding hydrogens is 482 g/mol. The highest BCUT2D eigenvalue weighted by atomic mass is 79.9. The predicted molar refractivity (Wildman–Crippen MR) is 121 cm³/mol. The van der Waals surface area contributed by atoms with Crippen LogP contribution in [0.25, 0.3) is 0 Å². The second kappa shape index (κ2) is 9.29. The molecule has 2 N–H and O–H groups in total. The van der Waals surface area contributed by atoms with Crippen molar-refractivity contribution in [3.8, 4) is 0 Å². The number of aromatic nitrogens is 3. The minimum atomic E-state index is -3.77. The number of carbonyl (C=O) groups is 1. The molecular formula is C21H24BrN5O3S. The van der Waals surface area contributed by atoms with Gasteiger partial charge in [0.15, 0.2) is 0 Å². The van der Waals surface area contributed by atoms with E-state index in [0.29, 0.717) is 5.69 Å². The summed E-state index contributed by atoms with van der Waals surface area (Å²) in [6, 6.07) is 12.3. The van der Waals surface area contributed by atoms with E-state index in [9.17, 15) is 13.2 Å². The van der Waals surface area contributed by atoms with Crippen molar-refractivity contribution in [1.29, 1.82) is 0 Å². The Hall–Kier alpha value is -2.56. The highest BCUT2D eigenvalue weighted by Gasteiger charge is 2.33. The Morgan fingerprint density at radius 1 is 1.16 bits per heavy atom. The normalized spacial score (nSPS) is 13.0. The standard InChI is InChI=1S/C21H24BrN5O3S/c1-21(2,19-10-9-16(22)11-23-19)20(28)26-18(15-7-5-4-6-8-15)13-25-31(29,30)17-12-24-27(3)14-17/h4-12,14,18,25H,13H2,1-3H3,(H,26,28). The number of nitrogens with one attached hydrogen (secondary N) is 2. The zero-order chi connectivity index (χ0) is 22.6. The lowest BCUT2D eigenvalue weighted by Gasteiger charge is -2.27. The molecule has 1 aromatic carbocycles. The van der Waals surface area contributed by atoms with Crippen LogP contribution in [0, 0.1) is 0 Å². The largest absolute Gasteiger partial charge is 0.347 e. The number of benzene rings is 1. The van der Waals surface area contributed by atoms with Gasteiger partial charge in [-0.05, 0) is 47.5 Å². The molecule has 3 rings (SSSR count). The first-order chi connectivity index (χ1) is 14.6. The molecule has 164 valence electrons. The summed E-state index contributed by atoms with van der Waals surface area (Å²) in [5, 5.41) is 6.88. The fourth-order valence-corrected chi connectivity index (χ4v) is 4.22. The minimum Gasteiger partial charge on any atom is -0.347 e. The molecule has 0 saturated heterocycles. The third-order valence-electron chi connectivity index (χ3n) is 4.91. The Morgan fingerprint density at radius 2 is 1.87 bits per heavy atom. The summed E-state index contributed by atoms with van der Waals surface area (Å²) in [6.07, 6.45) is 4.34. The van der Waals surface area contributed by atoms with Gasteiger partial charge in [-0.3, -0.25) is 14.5 Å². The van der Waals surface area contributed by atoms with Gasteiger partial charge in [0.2, 0.25) is 15.9 Å². The number of pyridine rings is 1. The molecule has 1 amide bonds. The first-order valence-corrected chi connectivity index (χ1v) is 11.8.